The minimum absolute atomic E-state index is 0.459. The zero-order valence-corrected chi connectivity index (χ0v) is 35.1. The molecular weight excluding hydrogens is 759 g/mol. The molecule has 0 saturated heterocycles. The number of benzene rings is 10. The number of nitrogens with zero attached hydrogens (tertiary/aromatic N) is 1. The Balaban J connectivity index is 1.09. The highest BCUT2D eigenvalue weighted by atomic mass is 15.1. The molecule has 0 amide bonds. The Bertz CT molecular complexity index is 3400. The molecule has 1 heteroatoms. The van der Waals surface area contributed by atoms with Gasteiger partial charge in [-0.2, -0.15) is 0 Å². The van der Waals surface area contributed by atoms with E-state index >= 15 is 0 Å². The fraction of sp³-hybridized carbons (Fsp3) is 0.0645. The Morgan fingerprint density at radius 3 is 1.48 bits per heavy atom. The van der Waals surface area contributed by atoms with Crippen molar-refractivity contribution in [3.05, 3.63) is 281 Å². The van der Waals surface area contributed by atoms with Crippen molar-refractivity contribution in [3.63, 3.8) is 0 Å². The van der Waals surface area contributed by atoms with E-state index in [0.29, 0.717) is 0 Å². The van der Waals surface area contributed by atoms with Crippen LogP contribution in [0.3, 0.4) is 0 Å². The van der Waals surface area contributed by atoms with Crippen molar-refractivity contribution in [1.29, 1.82) is 0 Å². The average molecular weight is 802 g/mol. The van der Waals surface area contributed by atoms with E-state index in [1.165, 1.54) is 94.2 Å². The summed E-state index contributed by atoms with van der Waals surface area (Å²) in [7, 11) is 0. The molecular formula is C62H43N. The molecule has 3 aliphatic rings. The van der Waals surface area contributed by atoms with E-state index in [1.54, 1.807) is 0 Å². The van der Waals surface area contributed by atoms with Crippen molar-refractivity contribution in [2.45, 2.75) is 24.2 Å². The highest BCUT2D eigenvalue weighted by Crippen LogP contribution is 2.64. The molecule has 0 fully saturated rings. The standard InChI is InChI=1S/C62H43N/c1-2-41-33-34-42-19-18-29-52-49-27-13-17-32-56(49)62(60(41)59(42)52)55-31-16-12-26-48(55)51-37-35-47(40-58(51)62)63(45-24-10-5-11-25-45)46-36-38-57-53(39-46)50-28-14-15-30-54(50)61(57,43-20-6-3-7-21-43)44-22-8-4-9-23-44/h3-40H,2H2,1H3. The van der Waals surface area contributed by atoms with Gasteiger partial charge >= 0.3 is 0 Å². The lowest BCUT2D eigenvalue weighted by Crippen LogP contribution is -2.33. The zero-order valence-electron chi connectivity index (χ0n) is 35.1. The van der Waals surface area contributed by atoms with E-state index < -0.39 is 10.8 Å². The lowest BCUT2D eigenvalue weighted by atomic mass is 9.60. The van der Waals surface area contributed by atoms with Crippen LogP contribution in [-0.2, 0) is 17.3 Å². The minimum atomic E-state index is -0.512. The summed E-state index contributed by atoms with van der Waals surface area (Å²) in [6.07, 6.45) is 0.945. The molecule has 296 valence electrons. The molecule has 3 aliphatic carbocycles. The second-order valence-electron chi connectivity index (χ2n) is 17.4. The molecule has 63 heavy (non-hydrogen) atoms. The molecule has 0 aliphatic heterocycles. The van der Waals surface area contributed by atoms with Crippen molar-refractivity contribution in [3.8, 4) is 33.4 Å². The predicted molar refractivity (Wildman–Crippen MR) is 262 cm³/mol. The Hall–Kier alpha value is -7.74. The van der Waals surface area contributed by atoms with Crippen molar-refractivity contribution in [1.82, 2.24) is 0 Å². The summed E-state index contributed by atoms with van der Waals surface area (Å²) in [5.74, 6) is 0. The Kier molecular flexibility index (Phi) is 7.78. The zero-order chi connectivity index (χ0) is 41.7. The van der Waals surface area contributed by atoms with Crippen LogP contribution < -0.4 is 4.90 Å². The SMILES string of the molecule is CCc1ccc2cccc3c2c1C1(c2ccccc2-c2ccc(N(c4ccccc4)c4ccc5c(c4)-c4ccccc4C5(c4ccccc4)c4ccccc4)cc21)c1ccccc1-3. The van der Waals surface area contributed by atoms with E-state index in [0.717, 1.165) is 23.5 Å². The van der Waals surface area contributed by atoms with Gasteiger partial charge in [-0.05, 0) is 137 Å². The first-order valence-electron chi connectivity index (χ1n) is 22.3. The minimum Gasteiger partial charge on any atom is -0.310 e. The second-order valence-corrected chi connectivity index (χ2v) is 17.4. The molecule has 10 aromatic rings. The van der Waals surface area contributed by atoms with Gasteiger partial charge < -0.3 is 4.90 Å². The van der Waals surface area contributed by atoms with E-state index in [1.807, 2.05) is 0 Å². The Morgan fingerprint density at radius 2 is 0.825 bits per heavy atom. The average Bonchev–Trinajstić information content (AvgIpc) is 3.82. The Labute approximate surface area is 369 Å². The van der Waals surface area contributed by atoms with Crippen molar-refractivity contribution in [2.24, 2.45) is 0 Å². The van der Waals surface area contributed by atoms with Gasteiger partial charge in [0.15, 0.2) is 0 Å². The van der Waals surface area contributed by atoms with Gasteiger partial charge in [-0.15, -0.1) is 0 Å². The molecule has 0 saturated carbocycles. The number of hydrogen-bond donors (Lipinski definition) is 0. The number of anilines is 3. The molecule has 0 bridgehead atoms. The summed E-state index contributed by atoms with van der Waals surface area (Å²) < 4.78 is 0. The summed E-state index contributed by atoms with van der Waals surface area (Å²) in [5, 5.41) is 2.67. The fourth-order valence-corrected chi connectivity index (χ4v) is 12.1. The smallest absolute Gasteiger partial charge is 0.0729 e. The molecule has 1 spiro atoms. The van der Waals surface area contributed by atoms with Crippen LogP contribution in [0.1, 0.15) is 57.0 Å². The highest BCUT2D eigenvalue weighted by Gasteiger charge is 2.51. The number of aryl methyl sites for hydroxylation is 1. The molecule has 1 unspecified atom stereocenters. The van der Waals surface area contributed by atoms with E-state index in [4.69, 9.17) is 0 Å². The van der Waals surface area contributed by atoms with Crippen LogP contribution in [0.15, 0.2) is 231 Å². The van der Waals surface area contributed by atoms with Crippen molar-refractivity contribution in [2.75, 3.05) is 4.90 Å². The monoisotopic (exact) mass is 801 g/mol. The normalized spacial score (nSPS) is 15.6. The molecule has 1 atom stereocenters. The van der Waals surface area contributed by atoms with E-state index in [9.17, 15) is 0 Å². The van der Waals surface area contributed by atoms with Crippen molar-refractivity contribution >= 4 is 27.8 Å². The summed E-state index contributed by atoms with van der Waals surface area (Å²) in [5.41, 5.74) is 22.2. The fourth-order valence-electron chi connectivity index (χ4n) is 12.1. The number of rotatable bonds is 6. The summed E-state index contributed by atoms with van der Waals surface area (Å²) in [4.78, 5) is 2.48. The quantitative estimate of drug-likeness (QED) is 0.162. The molecule has 0 aromatic heterocycles. The first-order chi connectivity index (χ1) is 31.2. The molecule has 0 N–H and O–H groups in total. The van der Waals surface area contributed by atoms with Gasteiger partial charge in [-0.25, -0.2) is 0 Å². The first kappa shape index (κ1) is 36.0. The molecule has 13 rings (SSSR count). The molecule has 10 aromatic carbocycles. The largest absolute Gasteiger partial charge is 0.310 e. The number of hydrogen-bond acceptors (Lipinski definition) is 1. The van der Waals surface area contributed by atoms with Crippen molar-refractivity contribution < 1.29 is 0 Å². The predicted octanol–water partition coefficient (Wildman–Crippen LogP) is 15.6. The molecule has 0 heterocycles. The van der Waals surface area contributed by atoms with E-state index in [2.05, 4.69) is 242 Å². The maximum Gasteiger partial charge on any atom is 0.0729 e. The first-order valence-corrected chi connectivity index (χ1v) is 22.3. The molecule has 1 nitrogen and oxygen atoms in total. The van der Waals surface area contributed by atoms with Gasteiger partial charge in [0.1, 0.15) is 0 Å². The number of para-hydroxylation sites is 1. The molecule has 0 radical (unpaired) electrons. The van der Waals surface area contributed by atoms with Crippen LogP contribution in [0.4, 0.5) is 17.1 Å². The highest BCUT2D eigenvalue weighted by molar-refractivity contribution is 6.08. The van der Waals surface area contributed by atoms with Gasteiger partial charge in [-0.1, -0.05) is 201 Å². The van der Waals surface area contributed by atoms with Gasteiger partial charge in [-0.3, -0.25) is 0 Å². The van der Waals surface area contributed by atoms with Gasteiger partial charge in [0.2, 0.25) is 0 Å². The lowest BCUT2D eigenvalue weighted by molar-refractivity contribution is 0.759. The number of fused-ring (bicyclic) bond motifs is 12. The second kappa shape index (κ2) is 13.6. The summed E-state index contributed by atoms with van der Waals surface area (Å²) in [6.45, 7) is 2.32. The summed E-state index contributed by atoms with van der Waals surface area (Å²) in [6, 6.07) is 86.7. The lowest BCUT2D eigenvalue weighted by Gasteiger charge is -2.41. The van der Waals surface area contributed by atoms with Crippen LogP contribution >= 0.6 is 0 Å². The van der Waals surface area contributed by atoms with Gasteiger partial charge in [0.25, 0.3) is 0 Å². The van der Waals surface area contributed by atoms with Crippen LogP contribution in [0.5, 0.6) is 0 Å². The third kappa shape index (κ3) is 4.77. The maximum atomic E-state index is 2.53. The van der Waals surface area contributed by atoms with Crippen LogP contribution in [0.25, 0.3) is 44.2 Å². The third-order valence-corrected chi connectivity index (χ3v) is 14.5. The van der Waals surface area contributed by atoms with Crippen LogP contribution in [-0.4, -0.2) is 0 Å². The van der Waals surface area contributed by atoms with Crippen LogP contribution in [0.2, 0.25) is 0 Å². The Morgan fingerprint density at radius 1 is 0.333 bits per heavy atom. The summed E-state index contributed by atoms with van der Waals surface area (Å²) >= 11 is 0. The maximum absolute atomic E-state index is 2.53. The van der Waals surface area contributed by atoms with Gasteiger partial charge in [0.05, 0.1) is 10.8 Å². The van der Waals surface area contributed by atoms with E-state index in [-0.39, 0.29) is 0 Å². The van der Waals surface area contributed by atoms with Gasteiger partial charge in [0, 0.05) is 17.1 Å². The third-order valence-electron chi connectivity index (χ3n) is 14.5. The topological polar surface area (TPSA) is 3.24 Å². The van der Waals surface area contributed by atoms with Crippen LogP contribution in [0, 0.1) is 0 Å².